The molecule has 2 rings (SSSR count). The number of hydrogen-bond acceptors (Lipinski definition) is 3. The quantitative estimate of drug-likeness (QED) is 0.807. The lowest BCUT2D eigenvalue weighted by Crippen LogP contribution is -2.46. The lowest BCUT2D eigenvalue weighted by atomic mass is 9.80. The van der Waals surface area contributed by atoms with Crippen LogP contribution >= 0.6 is 15.9 Å². The van der Waals surface area contributed by atoms with E-state index in [-0.39, 0.29) is 0 Å². The van der Waals surface area contributed by atoms with Crippen molar-refractivity contribution >= 4 is 15.9 Å². The molecule has 1 saturated carbocycles. The molecule has 1 fully saturated rings. The molecule has 106 valence electrons. The molecular weight excluding hydrogens is 306 g/mol. The molecule has 0 unspecified atom stereocenters. The zero-order valence-electron chi connectivity index (χ0n) is 11.4. The molecule has 1 aliphatic carbocycles. The highest BCUT2D eigenvalue weighted by atomic mass is 79.9. The van der Waals surface area contributed by atoms with Crippen molar-refractivity contribution in [2.75, 3.05) is 13.2 Å². The molecule has 1 aromatic rings. The average molecular weight is 328 g/mol. The fourth-order valence-electron chi connectivity index (χ4n) is 2.23. The molecule has 4 heteroatoms. The minimum atomic E-state index is -0.476. The summed E-state index contributed by atoms with van der Waals surface area (Å²) in [7, 11) is 0. The minimum Gasteiger partial charge on any atom is -0.493 e. The van der Waals surface area contributed by atoms with Crippen molar-refractivity contribution < 1.29 is 9.84 Å². The summed E-state index contributed by atoms with van der Waals surface area (Å²) in [6.07, 6.45) is 3.97. The molecule has 0 saturated heterocycles. The maximum absolute atomic E-state index is 10.1. The van der Waals surface area contributed by atoms with Crippen molar-refractivity contribution in [3.63, 3.8) is 0 Å². The van der Waals surface area contributed by atoms with Crippen LogP contribution in [0.1, 0.15) is 38.2 Å². The summed E-state index contributed by atoms with van der Waals surface area (Å²) in [5, 5.41) is 13.4. The van der Waals surface area contributed by atoms with E-state index in [0.717, 1.165) is 54.6 Å². The van der Waals surface area contributed by atoms with Gasteiger partial charge in [0.1, 0.15) is 5.75 Å². The molecule has 0 aliphatic heterocycles. The molecule has 1 aliphatic rings. The number of aliphatic hydroxyl groups is 1. The third kappa shape index (κ3) is 4.20. The van der Waals surface area contributed by atoms with E-state index in [2.05, 4.69) is 34.2 Å². The van der Waals surface area contributed by atoms with E-state index in [1.807, 2.05) is 12.1 Å². The predicted octanol–water partition coefficient (Wildman–Crippen LogP) is 3.24. The summed E-state index contributed by atoms with van der Waals surface area (Å²) in [5.41, 5.74) is 0.655. The fourth-order valence-corrected chi connectivity index (χ4v) is 2.64. The van der Waals surface area contributed by atoms with Crippen LogP contribution in [0, 0.1) is 0 Å². The second-order valence-corrected chi connectivity index (χ2v) is 6.20. The van der Waals surface area contributed by atoms with Gasteiger partial charge in [0.05, 0.1) is 12.2 Å². The highest BCUT2D eigenvalue weighted by molar-refractivity contribution is 9.10. The van der Waals surface area contributed by atoms with Crippen LogP contribution in [-0.4, -0.2) is 23.9 Å². The maximum atomic E-state index is 10.1. The zero-order chi connectivity index (χ0) is 13.7. The Labute approximate surface area is 123 Å². The normalized spacial score (nSPS) is 17.0. The van der Waals surface area contributed by atoms with E-state index in [1.165, 1.54) is 0 Å². The molecule has 0 atom stereocenters. The van der Waals surface area contributed by atoms with Gasteiger partial charge in [-0.2, -0.15) is 0 Å². The minimum absolute atomic E-state index is 0.476. The molecule has 0 radical (unpaired) electrons. The third-order valence-corrected chi connectivity index (χ3v) is 4.03. The van der Waals surface area contributed by atoms with Crippen LogP contribution in [0.5, 0.6) is 5.75 Å². The Bertz CT molecular complexity index is 419. The van der Waals surface area contributed by atoms with Gasteiger partial charge in [-0.25, -0.2) is 0 Å². The van der Waals surface area contributed by atoms with Crippen molar-refractivity contribution in [3.05, 3.63) is 28.2 Å². The highest BCUT2D eigenvalue weighted by Crippen LogP contribution is 2.31. The summed E-state index contributed by atoms with van der Waals surface area (Å²) in [5.74, 6) is 0.929. The van der Waals surface area contributed by atoms with Crippen molar-refractivity contribution in [2.24, 2.45) is 0 Å². The van der Waals surface area contributed by atoms with Gasteiger partial charge in [-0.05, 0) is 43.9 Å². The monoisotopic (exact) mass is 327 g/mol. The second-order valence-electron chi connectivity index (χ2n) is 5.28. The Hall–Kier alpha value is -0.580. The molecule has 3 nitrogen and oxygen atoms in total. The standard InChI is InChI=1S/C15H22BrNO2/c1-2-8-19-14-5-4-13(16)9-12(14)10-17-11-15(18)6-3-7-15/h4-5,9,17-18H,2-3,6-8,10-11H2,1H3. The van der Waals surface area contributed by atoms with E-state index in [9.17, 15) is 5.11 Å². The van der Waals surface area contributed by atoms with Gasteiger partial charge in [-0.3, -0.25) is 0 Å². The Kier molecular flexibility index (Phi) is 5.25. The summed E-state index contributed by atoms with van der Waals surface area (Å²) in [6, 6.07) is 6.06. The first kappa shape index (κ1) is 14.8. The summed E-state index contributed by atoms with van der Waals surface area (Å²) in [4.78, 5) is 0. The average Bonchev–Trinajstić information content (AvgIpc) is 2.36. The van der Waals surface area contributed by atoms with Crippen LogP contribution in [0.25, 0.3) is 0 Å². The van der Waals surface area contributed by atoms with Gasteiger partial charge < -0.3 is 15.2 Å². The van der Waals surface area contributed by atoms with Gasteiger partial charge >= 0.3 is 0 Å². The molecule has 2 N–H and O–H groups in total. The number of rotatable bonds is 7. The van der Waals surface area contributed by atoms with Crippen LogP contribution in [-0.2, 0) is 6.54 Å². The Balaban J connectivity index is 1.91. The molecular formula is C15H22BrNO2. The Morgan fingerprint density at radius 1 is 1.42 bits per heavy atom. The summed E-state index contributed by atoms with van der Waals surface area (Å²) >= 11 is 3.49. The van der Waals surface area contributed by atoms with E-state index >= 15 is 0 Å². The van der Waals surface area contributed by atoms with Gasteiger partial charge in [0.15, 0.2) is 0 Å². The van der Waals surface area contributed by atoms with E-state index in [1.54, 1.807) is 0 Å². The molecule has 0 aromatic heterocycles. The highest BCUT2D eigenvalue weighted by Gasteiger charge is 2.33. The van der Waals surface area contributed by atoms with E-state index in [4.69, 9.17) is 4.74 Å². The van der Waals surface area contributed by atoms with Crippen LogP contribution in [0.15, 0.2) is 22.7 Å². The number of halogens is 1. The molecule has 0 heterocycles. The lowest BCUT2D eigenvalue weighted by molar-refractivity contribution is -0.0315. The topological polar surface area (TPSA) is 41.5 Å². The van der Waals surface area contributed by atoms with Crippen LogP contribution < -0.4 is 10.1 Å². The largest absolute Gasteiger partial charge is 0.493 e. The third-order valence-electron chi connectivity index (χ3n) is 3.54. The maximum Gasteiger partial charge on any atom is 0.123 e. The smallest absolute Gasteiger partial charge is 0.123 e. The number of hydrogen-bond donors (Lipinski definition) is 2. The summed E-state index contributed by atoms with van der Waals surface area (Å²) < 4.78 is 6.79. The molecule has 0 spiro atoms. The first-order valence-corrected chi connectivity index (χ1v) is 7.76. The van der Waals surface area contributed by atoms with E-state index in [0.29, 0.717) is 6.54 Å². The number of nitrogens with one attached hydrogen (secondary N) is 1. The van der Waals surface area contributed by atoms with Gasteiger partial charge in [-0.1, -0.05) is 22.9 Å². The predicted molar refractivity (Wildman–Crippen MR) is 80.4 cm³/mol. The number of ether oxygens (including phenoxy) is 1. The zero-order valence-corrected chi connectivity index (χ0v) is 13.0. The SMILES string of the molecule is CCCOc1ccc(Br)cc1CNCC1(O)CCC1. The summed E-state index contributed by atoms with van der Waals surface area (Å²) in [6.45, 7) is 4.22. The lowest BCUT2D eigenvalue weighted by Gasteiger charge is -2.36. The van der Waals surface area contributed by atoms with Crippen molar-refractivity contribution in [1.82, 2.24) is 5.32 Å². The first-order chi connectivity index (χ1) is 9.13. The van der Waals surface area contributed by atoms with Gasteiger partial charge in [-0.15, -0.1) is 0 Å². The van der Waals surface area contributed by atoms with Gasteiger partial charge in [0.25, 0.3) is 0 Å². The second kappa shape index (κ2) is 6.73. The van der Waals surface area contributed by atoms with Crippen molar-refractivity contribution in [3.8, 4) is 5.75 Å². The first-order valence-electron chi connectivity index (χ1n) is 6.97. The Morgan fingerprint density at radius 2 is 2.21 bits per heavy atom. The van der Waals surface area contributed by atoms with Crippen LogP contribution in [0.3, 0.4) is 0 Å². The molecule has 19 heavy (non-hydrogen) atoms. The van der Waals surface area contributed by atoms with Crippen molar-refractivity contribution in [2.45, 2.75) is 44.8 Å². The molecule has 1 aromatic carbocycles. The van der Waals surface area contributed by atoms with Crippen molar-refractivity contribution in [1.29, 1.82) is 0 Å². The molecule has 0 amide bonds. The number of benzene rings is 1. The fraction of sp³-hybridized carbons (Fsp3) is 0.600. The Morgan fingerprint density at radius 3 is 2.84 bits per heavy atom. The van der Waals surface area contributed by atoms with Crippen LogP contribution in [0.2, 0.25) is 0 Å². The molecule has 0 bridgehead atoms. The van der Waals surface area contributed by atoms with Gasteiger partial charge in [0, 0.05) is 23.1 Å². The van der Waals surface area contributed by atoms with E-state index < -0.39 is 5.60 Å². The van der Waals surface area contributed by atoms with Crippen LogP contribution in [0.4, 0.5) is 0 Å². The van der Waals surface area contributed by atoms with Gasteiger partial charge in [0.2, 0.25) is 0 Å².